The summed E-state index contributed by atoms with van der Waals surface area (Å²) >= 11 is 5.90. The smallest absolute Gasteiger partial charge is 0.352 e. The molecule has 1 aliphatic rings. The highest BCUT2D eigenvalue weighted by Crippen LogP contribution is 2.27. The Morgan fingerprint density at radius 3 is 2.32 bits per heavy atom. The van der Waals surface area contributed by atoms with Crippen molar-refractivity contribution in [3.8, 4) is 0 Å². The van der Waals surface area contributed by atoms with E-state index >= 15 is 0 Å². The maximum atomic E-state index is 12.5. The van der Waals surface area contributed by atoms with Gasteiger partial charge in [-0.1, -0.05) is 17.7 Å². The quantitative estimate of drug-likeness (QED) is 0.815. The predicted molar refractivity (Wildman–Crippen MR) is 86.6 cm³/mol. The number of alkyl halides is 3. The maximum Gasteiger partial charge on any atom is 0.435 e. The molecule has 1 aliphatic heterocycles. The molecule has 1 amide bonds. The van der Waals surface area contributed by atoms with Crippen LogP contribution in [0, 0.1) is 0 Å². The van der Waals surface area contributed by atoms with Gasteiger partial charge in [-0.2, -0.15) is 13.2 Å². The van der Waals surface area contributed by atoms with Gasteiger partial charge in [-0.15, -0.1) is 10.2 Å². The number of hydrogen-bond donors (Lipinski definition) is 0. The SMILES string of the molecule is O=C(c1cccc(Cl)c1)N1CCN(c2ccc(C(F)(F)F)nn2)CC1. The highest BCUT2D eigenvalue weighted by atomic mass is 35.5. The van der Waals surface area contributed by atoms with Crippen LogP contribution in [0.1, 0.15) is 16.1 Å². The molecule has 1 aromatic carbocycles. The fourth-order valence-electron chi connectivity index (χ4n) is 2.59. The van der Waals surface area contributed by atoms with E-state index in [-0.39, 0.29) is 5.91 Å². The van der Waals surface area contributed by atoms with Crippen LogP contribution in [-0.2, 0) is 6.18 Å². The van der Waals surface area contributed by atoms with E-state index in [1.165, 1.54) is 6.07 Å². The first-order chi connectivity index (χ1) is 11.8. The molecule has 0 bridgehead atoms. The fourth-order valence-corrected chi connectivity index (χ4v) is 2.78. The van der Waals surface area contributed by atoms with E-state index in [2.05, 4.69) is 10.2 Å². The van der Waals surface area contributed by atoms with Crippen LogP contribution >= 0.6 is 11.6 Å². The lowest BCUT2D eigenvalue weighted by Gasteiger charge is -2.35. The Labute approximate surface area is 147 Å². The van der Waals surface area contributed by atoms with E-state index in [4.69, 9.17) is 11.6 Å². The second kappa shape index (κ2) is 6.87. The van der Waals surface area contributed by atoms with Crippen molar-refractivity contribution in [1.82, 2.24) is 15.1 Å². The minimum absolute atomic E-state index is 0.124. The topological polar surface area (TPSA) is 49.3 Å². The van der Waals surface area contributed by atoms with Crippen molar-refractivity contribution >= 4 is 23.3 Å². The summed E-state index contributed by atoms with van der Waals surface area (Å²) in [6.07, 6.45) is -4.51. The van der Waals surface area contributed by atoms with Crippen LogP contribution in [0.3, 0.4) is 0 Å². The van der Waals surface area contributed by atoms with Crippen molar-refractivity contribution in [3.05, 3.63) is 52.7 Å². The lowest BCUT2D eigenvalue weighted by atomic mass is 10.2. The highest BCUT2D eigenvalue weighted by molar-refractivity contribution is 6.30. The Hall–Kier alpha value is -2.35. The average Bonchev–Trinajstić information content (AvgIpc) is 2.61. The van der Waals surface area contributed by atoms with Crippen LogP contribution in [0.4, 0.5) is 19.0 Å². The predicted octanol–water partition coefficient (Wildman–Crippen LogP) is 3.11. The zero-order valence-corrected chi connectivity index (χ0v) is 13.8. The number of hydrogen-bond acceptors (Lipinski definition) is 4. The number of anilines is 1. The van der Waals surface area contributed by atoms with E-state index in [9.17, 15) is 18.0 Å². The number of rotatable bonds is 2. The molecule has 0 saturated carbocycles. The number of nitrogens with zero attached hydrogens (tertiary/aromatic N) is 4. The third-order valence-electron chi connectivity index (χ3n) is 3.90. The van der Waals surface area contributed by atoms with Gasteiger partial charge in [0, 0.05) is 36.8 Å². The minimum atomic E-state index is -4.51. The van der Waals surface area contributed by atoms with Crippen molar-refractivity contribution in [2.24, 2.45) is 0 Å². The molecular formula is C16H14ClF3N4O. The molecule has 1 fully saturated rings. The molecule has 25 heavy (non-hydrogen) atoms. The molecule has 3 rings (SSSR count). The molecule has 2 aromatic rings. The first kappa shape index (κ1) is 17.5. The first-order valence-corrected chi connectivity index (χ1v) is 7.93. The molecule has 5 nitrogen and oxygen atoms in total. The van der Waals surface area contributed by atoms with Crippen LogP contribution < -0.4 is 4.90 Å². The number of benzene rings is 1. The summed E-state index contributed by atoms with van der Waals surface area (Å²) in [4.78, 5) is 15.9. The van der Waals surface area contributed by atoms with Gasteiger partial charge < -0.3 is 9.80 Å². The molecule has 0 unspecified atom stereocenters. The van der Waals surface area contributed by atoms with Gasteiger partial charge in [0.25, 0.3) is 5.91 Å². The number of piperazine rings is 1. The summed E-state index contributed by atoms with van der Waals surface area (Å²) in [5.74, 6) is 0.239. The van der Waals surface area contributed by atoms with Gasteiger partial charge in [0.2, 0.25) is 0 Å². The first-order valence-electron chi connectivity index (χ1n) is 7.55. The second-order valence-electron chi connectivity index (χ2n) is 5.56. The standard InChI is InChI=1S/C16H14ClF3N4O/c17-12-3-1-2-11(10-12)15(25)24-8-6-23(7-9-24)14-5-4-13(21-22-14)16(18,19)20/h1-5,10H,6-9H2. The highest BCUT2D eigenvalue weighted by Gasteiger charge is 2.33. The van der Waals surface area contributed by atoms with Crippen molar-refractivity contribution in [1.29, 1.82) is 0 Å². The van der Waals surface area contributed by atoms with Gasteiger partial charge in [-0.05, 0) is 30.3 Å². The van der Waals surface area contributed by atoms with Crippen molar-refractivity contribution < 1.29 is 18.0 Å². The Bertz CT molecular complexity index is 759. The van der Waals surface area contributed by atoms with Gasteiger partial charge in [-0.3, -0.25) is 4.79 Å². The van der Waals surface area contributed by atoms with Crippen molar-refractivity contribution in [3.63, 3.8) is 0 Å². The van der Waals surface area contributed by atoms with Crippen LogP contribution in [0.25, 0.3) is 0 Å². The number of carbonyl (C=O) groups is 1. The molecule has 0 radical (unpaired) electrons. The van der Waals surface area contributed by atoms with E-state index in [0.717, 1.165) is 6.07 Å². The van der Waals surface area contributed by atoms with E-state index < -0.39 is 11.9 Å². The van der Waals surface area contributed by atoms with Crippen LogP contribution in [0.15, 0.2) is 36.4 Å². The monoisotopic (exact) mass is 370 g/mol. The Kier molecular flexibility index (Phi) is 4.80. The summed E-state index contributed by atoms with van der Waals surface area (Å²) in [5, 5.41) is 7.36. The van der Waals surface area contributed by atoms with Gasteiger partial charge in [0.1, 0.15) is 0 Å². The summed E-state index contributed by atoms with van der Waals surface area (Å²) in [7, 11) is 0. The molecule has 132 valence electrons. The van der Waals surface area contributed by atoms with Gasteiger partial charge >= 0.3 is 6.18 Å². The molecule has 9 heteroatoms. The maximum absolute atomic E-state index is 12.5. The number of amides is 1. The molecule has 0 N–H and O–H groups in total. The molecule has 0 atom stereocenters. The third kappa shape index (κ3) is 4.01. The van der Waals surface area contributed by atoms with Crippen molar-refractivity contribution in [2.45, 2.75) is 6.18 Å². The summed E-state index contributed by atoms with van der Waals surface area (Å²) in [5.41, 5.74) is -0.513. The van der Waals surface area contributed by atoms with E-state index in [0.29, 0.717) is 42.6 Å². The zero-order chi connectivity index (χ0) is 18.0. The fraction of sp³-hybridized carbons (Fsp3) is 0.312. The van der Waals surface area contributed by atoms with E-state index in [1.54, 1.807) is 34.1 Å². The molecule has 0 aliphatic carbocycles. The van der Waals surface area contributed by atoms with E-state index in [1.807, 2.05) is 0 Å². The number of halogens is 4. The second-order valence-corrected chi connectivity index (χ2v) is 6.00. The van der Waals surface area contributed by atoms with Gasteiger partial charge in [0.05, 0.1) is 0 Å². The van der Waals surface area contributed by atoms with Crippen molar-refractivity contribution in [2.75, 3.05) is 31.1 Å². The lowest BCUT2D eigenvalue weighted by molar-refractivity contribution is -0.141. The molecular weight excluding hydrogens is 357 g/mol. The average molecular weight is 371 g/mol. The Balaban J connectivity index is 1.63. The molecule has 2 heterocycles. The Morgan fingerprint density at radius 2 is 1.76 bits per heavy atom. The van der Waals surface area contributed by atoms with Crippen LogP contribution in [-0.4, -0.2) is 47.2 Å². The van der Waals surface area contributed by atoms with Crippen LogP contribution in [0.5, 0.6) is 0 Å². The summed E-state index contributed by atoms with van der Waals surface area (Å²) in [6.45, 7) is 1.81. The van der Waals surface area contributed by atoms with Crippen LogP contribution in [0.2, 0.25) is 5.02 Å². The summed E-state index contributed by atoms with van der Waals surface area (Å²) < 4.78 is 37.6. The minimum Gasteiger partial charge on any atom is -0.352 e. The number of carbonyl (C=O) groups excluding carboxylic acids is 1. The van der Waals surface area contributed by atoms with Gasteiger partial charge in [0.15, 0.2) is 11.5 Å². The number of aromatic nitrogens is 2. The van der Waals surface area contributed by atoms with Gasteiger partial charge in [-0.25, -0.2) is 0 Å². The molecule has 1 aromatic heterocycles. The zero-order valence-electron chi connectivity index (χ0n) is 13.0. The third-order valence-corrected chi connectivity index (χ3v) is 4.14. The molecule has 1 saturated heterocycles. The lowest BCUT2D eigenvalue weighted by Crippen LogP contribution is -2.49. The summed E-state index contributed by atoms with van der Waals surface area (Å²) in [6, 6.07) is 8.92. The molecule has 0 spiro atoms. The normalized spacial score (nSPS) is 15.4. The largest absolute Gasteiger partial charge is 0.435 e. The Morgan fingerprint density at radius 1 is 1.04 bits per heavy atom.